The number of carboxylic acid groups (broad SMARTS) is 1. The zero-order chi connectivity index (χ0) is 12.3. The summed E-state index contributed by atoms with van der Waals surface area (Å²) in [6, 6.07) is 0. The van der Waals surface area contributed by atoms with Crippen LogP contribution in [0.25, 0.3) is 0 Å². The number of hydrogen-bond donors (Lipinski definition) is 1. The lowest BCUT2D eigenvalue weighted by atomic mass is 9.49. The van der Waals surface area contributed by atoms with Crippen molar-refractivity contribution in [3.63, 3.8) is 0 Å². The van der Waals surface area contributed by atoms with Crippen LogP contribution in [0.5, 0.6) is 0 Å². The summed E-state index contributed by atoms with van der Waals surface area (Å²) in [4.78, 5) is 15.2. The predicted octanol–water partition coefficient (Wildman–Crippen LogP) is 2.84. The Morgan fingerprint density at radius 1 is 1.22 bits per heavy atom. The van der Waals surface area contributed by atoms with Crippen molar-refractivity contribution < 1.29 is 14.3 Å². The number of aromatic carboxylic acids is 1. The maximum Gasteiger partial charge on any atom is 0.357 e. The molecule has 0 saturated heterocycles. The van der Waals surface area contributed by atoms with E-state index in [1.807, 2.05) is 0 Å². The van der Waals surface area contributed by atoms with Crippen molar-refractivity contribution in [3.8, 4) is 0 Å². The summed E-state index contributed by atoms with van der Waals surface area (Å²) in [6.07, 6.45) is 8.86. The van der Waals surface area contributed by atoms with Gasteiger partial charge in [0, 0.05) is 5.41 Å². The first-order valence-electron chi connectivity index (χ1n) is 6.84. The van der Waals surface area contributed by atoms with Gasteiger partial charge in [0.1, 0.15) is 6.26 Å². The minimum atomic E-state index is -0.991. The van der Waals surface area contributed by atoms with Gasteiger partial charge in [-0.25, -0.2) is 9.78 Å². The number of carboxylic acids is 1. The summed E-state index contributed by atoms with van der Waals surface area (Å²) in [5.41, 5.74) is 0.114. The summed E-state index contributed by atoms with van der Waals surface area (Å²) in [7, 11) is 0. The van der Waals surface area contributed by atoms with Gasteiger partial charge >= 0.3 is 5.97 Å². The minimum Gasteiger partial charge on any atom is -0.476 e. The van der Waals surface area contributed by atoms with Gasteiger partial charge in [-0.3, -0.25) is 0 Å². The average molecular weight is 247 g/mol. The second-order valence-electron chi connectivity index (χ2n) is 6.54. The second-order valence-corrected chi connectivity index (χ2v) is 6.54. The molecule has 4 saturated carbocycles. The zero-order valence-corrected chi connectivity index (χ0v) is 10.3. The van der Waals surface area contributed by atoms with Crippen molar-refractivity contribution in [1.82, 2.24) is 4.98 Å². The van der Waals surface area contributed by atoms with E-state index in [0.29, 0.717) is 5.89 Å². The third-order valence-electron chi connectivity index (χ3n) is 5.22. The van der Waals surface area contributed by atoms with Gasteiger partial charge in [0.25, 0.3) is 0 Å². The van der Waals surface area contributed by atoms with Crippen LogP contribution in [0.15, 0.2) is 10.7 Å². The molecule has 0 atom stereocenters. The van der Waals surface area contributed by atoms with Crippen molar-refractivity contribution in [2.45, 2.75) is 43.9 Å². The number of rotatable bonds is 2. The molecular formula is C14H17NO3. The normalized spacial score (nSPS) is 41.2. The van der Waals surface area contributed by atoms with Crippen molar-refractivity contribution >= 4 is 5.97 Å². The molecular weight excluding hydrogens is 230 g/mol. The van der Waals surface area contributed by atoms with Gasteiger partial charge in [-0.1, -0.05) is 0 Å². The topological polar surface area (TPSA) is 63.3 Å². The van der Waals surface area contributed by atoms with Crippen molar-refractivity contribution in [2.75, 3.05) is 0 Å². The van der Waals surface area contributed by atoms with Crippen molar-refractivity contribution in [3.05, 3.63) is 17.8 Å². The number of carbonyl (C=O) groups is 1. The quantitative estimate of drug-likeness (QED) is 0.872. The van der Waals surface area contributed by atoms with E-state index in [1.54, 1.807) is 0 Å². The highest BCUT2D eigenvalue weighted by atomic mass is 16.4. The first kappa shape index (κ1) is 10.6. The Kier molecular flexibility index (Phi) is 1.98. The van der Waals surface area contributed by atoms with Crippen LogP contribution in [-0.2, 0) is 5.41 Å². The molecule has 0 aliphatic heterocycles. The standard InChI is InChI=1S/C14H17NO3/c16-12(17)11-7-18-13(15-11)14-4-8-1-9(5-14)3-10(2-8)6-14/h7-10H,1-6H2,(H,16,17). The highest BCUT2D eigenvalue weighted by Crippen LogP contribution is 2.60. The van der Waals surface area contributed by atoms with Gasteiger partial charge in [-0.2, -0.15) is 0 Å². The zero-order valence-electron chi connectivity index (χ0n) is 10.3. The fourth-order valence-electron chi connectivity index (χ4n) is 4.99. The first-order chi connectivity index (χ1) is 8.64. The maximum atomic E-state index is 10.9. The largest absolute Gasteiger partial charge is 0.476 e. The van der Waals surface area contributed by atoms with E-state index in [0.717, 1.165) is 37.0 Å². The molecule has 1 aromatic rings. The first-order valence-corrected chi connectivity index (χ1v) is 6.84. The van der Waals surface area contributed by atoms with Gasteiger partial charge in [-0.05, 0) is 56.3 Å². The summed E-state index contributed by atoms with van der Waals surface area (Å²) >= 11 is 0. The molecule has 1 N–H and O–H groups in total. The summed E-state index contributed by atoms with van der Waals surface area (Å²) in [5.74, 6) is 2.15. The number of nitrogens with zero attached hydrogens (tertiary/aromatic N) is 1. The van der Waals surface area contributed by atoms with Gasteiger partial charge in [0.2, 0.25) is 5.89 Å². The monoisotopic (exact) mass is 247 g/mol. The lowest BCUT2D eigenvalue weighted by molar-refractivity contribution is -0.0177. The van der Waals surface area contributed by atoms with Gasteiger partial charge in [0.15, 0.2) is 5.69 Å². The highest BCUT2D eigenvalue weighted by molar-refractivity contribution is 5.84. The second kappa shape index (κ2) is 3.37. The molecule has 96 valence electrons. The van der Waals surface area contributed by atoms with Crippen LogP contribution >= 0.6 is 0 Å². The minimum absolute atomic E-state index is 0.0562. The predicted molar refractivity (Wildman–Crippen MR) is 63.3 cm³/mol. The van der Waals surface area contributed by atoms with Crippen LogP contribution < -0.4 is 0 Å². The van der Waals surface area contributed by atoms with E-state index in [-0.39, 0.29) is 11.1 Å². The van der Waals surface area contributed by atoms with Gasteiger partial charge in [0.05, 0.1) is 0 Å². The molecule has 0 unspecified atom stereocenters. The van der Waals surface area contributed by atoms with Crippen LogP contribution in [0.4, 0.5) is 0 Å². The Hall–Kier alpha value is -1.32. The molecule has 4 fully saturated rings. The van der Waals surface area contributed by atoms with Crippen LogP contribution in [-0.4, -0.2) is 16.1 Å². The Labute approximate surface area is 105 Å². The fraction of sp³-hybridized carbons (Fsp3) is 0.714. The van der Waals surface area contributed by atoms with E-state index in [4.69, 9.17) is 9.52 Å². The van der Waals surface area contributed by atoms with E-state index >= 15 is 0 Å². The Morgan fingerprint density at radius 3 is 2.22 bits per heavy atom. The molecule has 0 radical (unpaired) electrons. The highest BCUT2D eigenvalue weighted by Gasteiger charge is 2.54. The molecule has 4 aliphatic carbocycles. The van der Waals surface area contributed by atoms with E-state index in [1.165, 1.54) is 25.5 Å². The molecule has 4 bridgehead atoms. The smallest absolute Gasteiger partial charge is 0.357 e. The molecule has 0 spiro atoms. The summed E-state index contributed by atoms with van der Waals surface area (Å²) in [6.45, 7) is 0. The van der Waals surface area contributed by atoms with Gasteiger partial charge in [-0.15, -0.1) is 0 Å². The van der Waals surface area contributed by atoms with Crippen LogP contribution in [0.2, 0.25) is 0 Å². The number of aromatic nitrogens is 1. The number of oxazole rings is 1. The van der Waals surface area contributed by atoms with Crippen LogP contribution in [0, 0.1) is 17.8 Å². The lowest BCUT2D eigenvalue weighted by Crippen LogP contribution is -2.48. The number of hydrogen-bond acceptors (Lipinski definition) is 3. The Bertz CT molecular complexity index is 470. The third-order valence-corrected chi connectivity index (χ3v) is 5.22. The molecule has 1 aromatic heterocycles. The summed E-state index contributed by atoms with van der Waals surface area (Å²) in [5, 5.41) is 8.96. The summed E-state index contributed by atoms with van der Waals surface area (Å²) < 4.78 is 5.52. The Morgan fingerprint density at radius 2 is 1.78 bits per heavy atom. The average Bonchev–Trinajstić information content (AvgIpc) is 2.76. The third kappa shape index (κ3) is 1.38. The van der Waals surface area contributed by atoms with Crippen LogP contribution in [0.1, 0.15) is 54.9 Å². The van der Waals surface area contributed by atoms with Crippen molar-refractivity contribution in [2.24, 2.45) is 17.8 Å². The molecule has 0 aromatic carbocycles. The molecule has 1 heterocycles. The maximum absolute atomic E-state index is 10.9. The molecule has 0 amide bonds. The SMILES string of the molecule is O=C(O)c1coc(C23CC4CC(CC(C4)C2)C3)n1. The van der Waals surface area contributed by atoms with E-state index < -0.39 is 5.97 Å². The van der Waals surface area contributed by atoms with Crippen molar-refractivity contribution in [1.29, 1.82) is 0 Å². The van der Waals surface area contributed by atoms with E-state index in [2.05, 4.69) is 4.98 Å². The lowest BCUT2D eigenvalue weighted by Gasteiger charge is -2.55. The molecule has 5 rings (SSSR count). The molecule has 18 heavy (non-hydrogen) atoms. The Balaban J connectivity index is 1.72. The molecule has 4 aliphatic rings. The van der Waals surface area contributed by atoms with Gasteiger partial charge < -0.3 is 9.52 Å². The van der Waals surface area contributed by atoms with Crippen LogP contribution in [0.3, 0.4) is 0 Å². The fourth-order valence-corrected chi connectivity index (χ4v) is 4.99. The van der Waals surface area contributed by atoms with E-state index in [9.17, 15) is 4.79 Å². The molecule has 4 heteroatoms. The molecule has 4 nitrogen and oxygen atoms in total.